The van der Waals surface area contributed by atoms with Crippen molar-refractivity contribution in [3.8, 4) is 0 Å². The van der Waals surface area contributed by atoms with Gasteiger partial charge in [0.1, 0.15) is 0 Å². The minimum Gasteiger partial charge on any atom is -0.438 e. The zero-order valence-corrected chi connectivity index (χ0v) is 16.2. The molecule has 1 aliphatic heterocycles. The van der Waals surface area contributed by atoms with Crippen molar-refractivity contribution in [1.29, 1.82) is 0 Å². The molecule has 1 aromatic heterocycles. The zero-order chi connectivity index (χ0) is 18.7. The van der Waals surface area contributed by atoms with Gasteiger partial charge in [-0.2, -0.15) is 4.31 Å². The van der Waals surface area contributed by atoms with Gasteiger partial charge in [0.2, 0.25) is 5.09 Å². The Hall–Kier alpha value is -1.65. The van der Waals surface area contributed by atoms with E-state index in [1.54, 1.807) is 0 Å². The van der Waals surface area contributed by atoms with Gasteiger partial charge in [-0.15, -0.1) is 0 Å². The van der Waals surface area contributed by atoms with Crippen molar-refractivity contribution in [3.05, 3.63) is 17.9 Å². The molecule has 3 rings (SSSR count). The van der Waals surface area contributed by atoms with Crippen LogP contribution in [0.2, 0.25) is 0 Å². The molecular weight excluding hydrogens is 376 g/mol. The molecule has 1 saturated carbocycles. The Morgan fingerprint density at radius 1 is 1.15 bits per heavy atom. The number of nitrogens with zero attached hydrogens (tertiary/aromatic N) is 2. The van der Waals surface area contributed by atoms with Crippen molar-refractivity contribution in [1.82, 2.24) is 14.5 Å². The summed E-state index contributed by atoms with van der Waals surface area (Å²) >= 11 is 5.49. The smallest absolute Gasteiger partial charge is 0.284 e. The summed E-state index contributed by atoms with van der Waals surface area (Å²) in [7, 11) is -3.78. The number of carbonyl (C=O) groups is 1. The van der Waals surface area contributed by atoms with Gasteiger partial charge in [0.25, 0.3) is 15.9 Å². The summed E-state index contributed by atoms with van der Waals surface area (Å²) < 4.78 is 31.7. The fourth-order valence-electron chi connectivity index (χ4n) is 3.36. The van der Waals surface area contributed by atoms with Crippen LogP contribution >= 0.6 is 12.2 Å². The van der Waals surface area contributed by atoms with E-state index in [-0.39, 0.29) is 10.9 Å². The van der Waals surface area contributed by atoms with Crippen LogP contribution in [0.1, 0.15) is 42.7 Å². The summed E-state index contributed by atoms with van der Waals surface area (Å²) in [5, 5.41) is 3.84. The molecule has 2 heterocycles. The Morgan fingerprint density at radius 2 is 1.81 bits per heavy atom. The topological polar surface area (TPSA) is 109 Å². The summed E-state index contributed by atoms with van der Waals surface area (Å²) in [4.78, 5) is 13.1. The van der Waals surface area contributed by atoms with Gasteiger partial charge in [-0.05, 0) is 37.2 Å². The number of amides is 1. The maximum Gasteiger partial charge on any atom is 0.284 e. The number of nitrogens with one attached hydrogen (secondary N) is 1. The number of sulfonamides is 1. The van der Waals surface area contributed by atoms with Crippen LogP contribution in [0.25, 0.3) is 0 Å². The Balaban J connectivity index is 1.56. The molecule has 0 aromatic carbocycles. The van der Waals surface area contributed by atoms with Crippen molar-refractivity contribution >= 4 is 33.3 Å². The number of primary amides is 1. The van der Waals surface area contributed by atoms with E-state index in [2.05, 4.69) is 5.32 Å². The van der Waals surface area contributed by atoms with Crippen molar-refractivity contribution < 1.29 is 17.6 Å². The van der Waals surface area contributed by atoms with E-state index < -0.39 is 15.9 Å². The van der Waals surface area contributed by atoms with E-state index in [1.165, 1.54) is 35.7 Å². The fraction of sp³-hybridized carbons (Fsp3) is 0.625. The highest BCUT2D eigenvalue weighted by molar-refractivity contribution is 7.89. The predicted molar refractivity (Wildman–Crippen MR) is 100 cm³/mol. The number of thiocarbonyl (C=S) groups is 1. The summed E-state index contributed by atoms with van der Waals surface area (Å²) in [5.41, 5.74) is 5.11. The first-order chi connectivity index (χ1) is 12.4. The third kappa shape index (κ3) is 4.18. The lowest BCUT2D eigenvalue weighted by molar-refractivity contribution is 0.0968. The summed E-state index contributed by atoms with van der Waals surface area (Å²) in [6.07, 6.45) is 6.00. The first kappa shape index (κ1) is 19.1. The molecule has 0 bridgehead atoms. The van der Waals surface area contributed by atoms with Gasteiger partial charge in [-0.3, -0.25) is 4.79 Å². The van der Waals surface area contributed by atoms with Gasteiger partial charge >= 0.3 is 0 Å². The number of carbonyl (C=O) groups excluding carboxylic acids is 1. The third-order valence-corrected chi connectivity index (χ3v) is 7.03. The average molecular weight is 401 g/mol. The standard InChI is InChI=1S/C16H24N4O4S2/c17-15(21)13-6-7-14(24-13)26(22,23)20-10-8-19(9-11-20)16(25)18-12-4-2-1-3-5-12/h6-7,12H,1-5,8-11H2,(H2,17,21)(H,18,25). The molecule has 2 aliphatic rings. The number of piperazine rings is 1. The lowest BCUT2D eigenvalue weighted by Gasteiger charge is -2.36. The van der Waals surface area contributed by atoms with E-state index in [0.29, 0.717) is 37.3 Å². The molecule has 1 amide bonds. The Bertz CT molecular complexity index is 763. The molecule has 10 heteroatoms. The minimum absolute atomic E-state index is 0.167. The number of furan rings is 1. The number of hydrogen-bond acceptors (Lipinski definition) is 5. The zero-order valence-electron chi connectivity index (χ0n) is 14.5. The first-order valence-electron chi connectivity index (χ1n) is 8.83. The van der Waals surface area contributed by atoms with Crippen LogP contribution in [0.3, 0.4) is 0 Å². The molecule has 26 heavy (non-hydrogen) atoms. The van der Waals surface area contributed by atoms with Gasteiger partial charge in [-0.1, -0.05) is 19.3 Å². The number of rotatable bonds is 4. The molecule has 8 nitrogen and oxygen atoms in total. The molecule has 1 aromatic rings. The minimum atomic E-state index is -3.78. The van der Waals surface area contributed by atoms with E-state index in [9.17, 15) is 13.2 Å². The van der Waals surface area contributed by atoms with Crippen molar-refractivity contribution in [2.45, 2.75) is 43.2 Å². The summed E-state index contributed by atoms with van der Waals surface area (Å²) in [5.74, 6) is -0.963. The lowest BCUT2D eigenvalue weighted by atomic mass is 9.96. The predicted octanol–water partition coefficient (Wildman–Crippen LogP) is 0.892. The van der Waals surface area contributed by atoms with E-state index >= 15 is 0 Å². The highest BCUT2D eigenvalue weighted by Crippen LogP contribution is 2.21. The Labute approximate surface area is 158 Å². The first-order valence-corrected chi connectivity index (χ1v) is 10.7. The maximum atomic E-state index is 12.6. The molecule has 1 saturated heterocycles. The second kappa shape index (κ2) is 7.93. The highest BCUT2D eigenvalue weighted by Gasteiger charge is 2.32. The van der Waals surface area contributed by atoms with Crippen LogP contribution in [0.15, 0.2) is 21.6 Å². The summed E-state index contributed by atoms with van der Waals surface area (Å²) in [6, 6.07) is 2.96. The van der Waals surface area contributed by atoms with Crippen LogP contribution in [-0.2, 0) is 10.0 Å². The Morgan fingerprint density at radius 3 is 2.38 bits per heavy atom. The molecule has 0 unspecified atom stereocenters. The van der Waals surface area contributed by atoms with E-state index in [0.717, 1.165) is 12.8 Å². The average Bonchev–Trinajstić information content (AvgIpc) is 3.14. The summed E-state index contributed by atoms with van der Waals surface area (Å²) in [6.45, 7) is 1.64. The molecule has 144 valence electrons. The molecule has 3 N–H and O–H groups in total. The van der Waals surface area contributed by atoms with Gasteiger partial charge in [0.05, 0.1) is 0 Å². The molecular formula is C16H24N4O4S2. The largest absolute Gasteiger partial charge is 0.438 e. The molecule has 0 atom stereocenters. The monoisotopic (exact) mass is 400 g/mol. The normalized spacial score (nSPS) is 20.1. The molecule has 0 radical (unpaired) electrons. The van der Waals surface area contributed by atoms with Crippen LogP contribution in [-0.4, -0.2) is 60.9 Å². The van der Waals surface area contributed by atoms with Gasteiger partial charge < -0.3 is 20.4 Å². The number of hydrogen-bond donors (Lipinski definition) is 2. The Kier molecular flexibility index (Phi) is 5.83. The van der Waals surface area contributed by atoms with Gasteiger partial charge in [0, 0.05) is 32.2 Å². The van der Waals surface area contributed by atoms with Crippen LogP contribution in [0.4, 0.5) is 0 Å². The van der Waals surface area contributed by atoms with Crippen molar-refractivity contribution in [2.75, 3.05) is 26.2 Å². The maximum absolute atomic E-state index is 12.6. The van der Waals surface area contributed by atoms with Gasteiger partial charge in [0.15, 0.2) is 10.9 Å². The number of nitrogens with two attached hydrogens (primary N) is 1. The highest BCUT2D eigenvalue weighted by atomic mass is 32.2. The molecule has 0 spiro atoms. The lowest BCUT2D eigenvalue weighted by Crippen LogP contribution is -2.54. The second-order valence-electron chi connectivity index (χ2n) is 6.66. The molecule has 1 aliphatic carbocycles. The third-order valence-electron chi connectivity index (χ3n) is 4.88. The SMILES string of the molecule is NC(=O)c1ccc(S(=O)(=O)N2CCN(C(=S)NC3CCCCC3)CC2)o1. The van der Waals surface area contributed by atoms with E-state index in [1.807, 2.05) is 4.90 Å². The van der Waals surface area contributed by atoms with Gasteiger partial charge in [-0.25, -0.2) is 8.42 Å². The van der Waals surface area contributed by atoms with Crippen LogP contribution < -0.4 is 11.1 Å². The van der Waals surface area contributed by atoms with Crippen molar-refractivity contribution in [2.24, 2.45) is 5.73 Å². The van der Waals surface area contributed by atoms with Crippen LogP contribution in [0.5, 0.6) is 0 Å². The molecule has 2 fully saturated rings. The van der Waals surface area contributed by atoms with E-state index in [4.69, 9.17) is 22.4 Å². The quantitative estimate of drug-likeness (QED) is 0.723. The van der Waals surface area contributed by atoms with Crippen LogP contribution in [0, 0.1) is 0 Å². The fourth-order valence-corrected chi connectivity index (χ4v) is 5.05. The van der Waals surface area contributed by atoms with Crippen molar-refractivity contribution in [3.63, 3.8) is 0 Å². The second-order valence-corrected chi connectivity index (χ2v) is 8.91.